The van der Waals surface area contributed by atoms with Gasteiger partial charge in [0.05, 0.1) is 18.4 Å². The molecule has 4 rings (SSSR count). The van der Waals surface area contributed by atoms with Gasteiger partial charge >= 0.3 is 0 Å². The van der Waals surface area contributed by atoms with Crippen molar-refractivity contribution in [3.8, 4) is 0 Å². The third kappa shape index (κ3) is 4.71. The van der Waals surface area contributed by atoms with E-state index in [1.165, 1.54) is 5.56 Å². The normalized spacial score (nSPS) is 11.5. The molecule has 0 saturated carbocycles. The summed E-state index contributed by atoms with van der Waals surface area (Å²) in [5.41, 5.74) is 3.44. The Bertz CT molecular complexity index is 1190. The van der Waals surface area contributed by atoms with Gasteiger partial charge in [0.1, 0.15) is 5.82 Å². The molecule has 0 unspecified atom stereocenters. The lowest BCUT2D eigenvalue weighted by molar-refractivity contribution is 0.102. The molecule has 3 aromatic heterocycles. The first-order valence-corrected chi connectivity index (χ1v) is 10.2. The van der Waals surface area contributed by atoms with Crippen molar-refractivity contribution in [2.24, 2.45) is 0 Å². The molecule has 0 spiro atoms. The van der Waals surface area contributed by atoms with Crippen LogP contribution in [0.15, 0.2) is 67.0 Å². The van der Waals surface area contributed by atoms with Crippen LogP contribution in [0.1, 0.15) is 42.4 Å². The van der Waals surface area contributed by atoms with E-state index in [1.54, 1.807) is 16.9 Å². The average Bonchev–Trinajstić information content (AvgIpc) is 3.15. The third-order valence-corrected chi connectivity index (χ3v) is 5.08. The van der Waals surface area contributed by atoms with E-state index in [2.05, 4.69) is 41.2 Å². The van der Waals surface area contributed by atoms with Crippen LogP contribution in [0.25, 0.3) is 5.65 Å². The van der Waals surface area contributed by atoms with E-state index in [1.807, 2.05) is 66.5 Å². The van der Waals surface area contributed by atoms with Crippen LogP contribution in [0.4, 0.5) is 11.6 Å². The number of imidazole rings is 1. The topological polar surface area (TPSA) is 75.4 Å². The Hall–Kier alpha value is -3.74. The van der Waals surface area contributed by atoms with E-state index in [4.69, 9.17) is 0 Å². The second-order valence-electron chi connectivity index (χ2n) is 8.58. The summed E-state index contributed by atoms with van der Waals surface area (Å²) in [5, 5.41) is 7.47. The molecule has 0 atom stereocenters. The average molecular weight is 415 g/mol. The summed E-state index contributed by atoms with van der Waals surface area (Å²) in [6.07, 6.45) is 3.50. The highest BCUT2D eigenvalue weighted by molar-refractivity contribution is 6.03. The van der Waals surface area contributed by atoms with E-state index >= 15 is 0 Å². The van der Waals surface area contributed by atoms with Crippen LogP contribution < -0.4 is 10.2 Å². The lowest BCUT2D eigenvalue weighted by Crippen LogP contribution is -2.19. The number of anilines is 2. The summed E-state index contributed by atoms with van der Waals surface area (Å²) in [4.78, 5) is 23.5. The number of pyridine rings is 1. The second-order valence-corrected chi connectivity index (χ2v) is 8.58. The number of hydrogen-bond donors (Lipinski definition) is 1. The lowest BCUT2D eigenvalue weighted by Gasteiger charge is -2.18. The van der Waals surface area contributed by atoms with E-state index < -0.39 is 0 Å². The molecule has 31 heavy (non-hydrogen) atoms. The fourth-order valence-corrected chi connectivity index (χ4v) is 3.26. The zero-order valence-corrected chi connectivity index (χ0v) is 18.2. The van der Waals surface area contributed by atoms with Crippen molar-refractivity contribution >= 4 is 23.2 Å². The number of aromatic nitrogens is 4. The highest BCUT2D eigenvalue weighted by Crippen LogP contribution is 2.22. The summed E-state index contributed by atoms with van der Waals surface area (Å²) in [5.74, 6) is 1.05. The fourth-order valence-electron chi connectivity index (χ4n) is 3.26. The van der Waals surface area contributed by atoms with Gasteiger partial charge in [0.2, 0.25) is 0 Å². The van der Waals surface area contributed by atoms with Crippen molar-refractivity contribution in [2.45, 2.75) is 32.7 Å². The zero-order chi connectivity index (χ0) is 22.0. The maximum Gasteiger partial charge on any atom is 0.256 e. The minimum Gasteiger partial charge on any atom is -0.352 e. The number of nitrogens with one attached hydrogen (secondary N) is 1. The number of rotatable bonds is 5. The Labute approximate surface area is 181 Å². The molecule has 3 heterocycles. The molecule has 7 nitrogen and oxygen atoms in total. The van der Waals surface area contributed by atoms with Gasteiger partial charge in [0.15, 0.2) is 11.5 Å². The Balaban J connectivity index is 1.48. The highest BCUT2D eigenvalue weighted by atomic mass is 16.1. The van der Waals surface area contributed by atoms with Crippen molar-refractivity contribution in [1.29, 1.82) is 0 Å². The maximum atomic E-state index is 12.6. The molecule has 0 radical (unpaired) electrons. The van der Waals surface area contributed by atoms with E-state index in [9.17, 15) is 4.79 Å². The standard InChI is InChI=1S/C24H26N6O/c1-24(2,3)18-10-8-17(9-11-18)23(31)27-20-16-30-21(26-20)12-13-22(28-30)29(4)15-19-7-5-6-14-25-19/h5-14,16H,15H2,1-4H3,(H,27,31). The van der Waals surface area contributed by atoms with Crippen molar-refractivity contribution in [1.82, 2.24) is 19.6 Å². The molecule has 0 fully saturated rings. The Morgan fingerprint density at radius 2 is 1.84 bits per heavy atom. The van der Waals surface area contributed by atoms with Crippen LogP contribution in [0, 0.1) is 0 Å². The molecule has 0 saturated heterocycles. The number of carbonyl (C=O) groups is 1. The quantitative estimate of drug-likeness (QED) is 0.527. The van der Waals surface area contributed by atoms with Crippen molar-refractivity contribution < 1.29 is 4.79 Å². The van der Waals surface area contributed by atoms with Crippen LogP contribution in [-0.4, -0.2) is 32.5 Å². The molecule has 4 aromatic rings. The van der Waals surface area contributed by atoms with Gasteiger partial charge in [-0.3, -0.25) is 9.78 Å². The van der Waals surface area contributed by atoms with Crippen molar-refractivity contribution in [3.05, 3.63) is 83.8 Å². The van der Waals surface area contributed by atoms with Gasteiger partial charge in [-0.2, -0.15) is 0 Å². The van der Waals surface area contributed by atoms with Crippen molar-refractivity contribution in [2.75, 3.05) is 17.3 Å². The van der Waals surface area contributed by atoms with Gasteiger partial charge in [-0.1, -0.05) is 39.0 Å². The number of nitrogens with zero attached hydrogens (tertiary/aromatic N) is 5. The Morgan fingerprint density at radius 3 is 2.52 bits per heavy atom. The summed E-state index contributed by atoms with van der Waals surface area (Å²) in [6, 6.07) is 17.3. The molecule has 0 aliphatic rings. The highest BCUT2D eigenvalue weighted by Gasteiger charge is 2.15. The summed E-state index contributed by atoms with van der Waals surface area (Å²) in [6.45, 7) is 7.08. The van der Waals surface area contributed by atoms with Crippen LogP contribution in [-0.2, 0) is 12.0 Å². The zero-order valence-electron chi connectivity index (χ0n) is 18.2. The molecule has 0 bridgehead atoms. The molecule has 1 amide bonds. The largest absolute Gasteiger partial charge is 0.352 e. The first-order valence-electron chi connectivity index (χ1n) is 10.2. The molecule has 0 aliphatic carbocycles. The van der Waals surface area contributed by atoms with Gasteiger partial charge in [0.25, 0.3) is 5.91 Å². The maximum absolute atomic E-state index is 12.6. The minimum absolute atomic E-state index is 0.0454. The first-order chi connectivity index (χ1) is 14.8. The third-order valence-electron chi connectivity index (χ3n) is 5.08. The van der Waals surface area contributed by atoms with Crippen LogP contribution >= 0.6 is 0 Å². The van der Waals surface area contributed by atoms with Gasteiger partial charge in [-0.05, 0) is 47.4 Å². The first kappa shape index (κ1) is 20.5. The smallest absolute Gasteiger partial charge is 0.256 e. The summed E-state index contributed by atoms with van der Waals surface area (Å²) < 4.78 is 1.67. The van der Waals surface area contributed by atoms with Crippen LogP contribution in [0.5, 0.6) is 0 Å². The van der Waals surface area contributed by atoms with E-state index in [-0.39, 0.29) is 11.3 Å². The van der Waals surface area contributed by atoms with Crippen LogP contribution in [0.2, 0.25) is 0 Å². The van der Waals surface area contributed by atoms with Crippen molar-refractivity contribution in [3.63, 3.8) is 0 Å². The summed E-state index contributed by atoms with van der Waals surface area (Å²) >= 11 is 0. The van der Waals surface area contributed by atoms with Gasteiger partial charge in [-0.25, -0.2) is 9.50 Å². The fraction of sp³-hybridized carbons (Fsp3) is 0.250. The van der Waals surface area contributed by atoms with E-state index in [0.717, 1.165) is 11.5 Å². The molecule has 0 aliphatic heterocycles. The predicted molar refractivity (Wildman–Crippen MR) is 122 cm³/mol. The van der Waals surface area contributed by atoms with Crippen LogP contribution in [0.3, 0.4) is 0 Å². The number of fused-ring (bicyclic) bond motifs is 1. The summed E-state index contributed by atoms with van der Waals surface area (Å²) in [7, 11) is 1.96. The van der Waals surface area contributed by atoms with Gasteiger partial charge in [0, 0.05) is 18.8 Å². The monoisotopic (exact) mass is 414 g/mol. The predicted octanol–water partition coefficient (Wildman–Crippen LogP) is 4.31. The lowest BCUT2D eigenvalue weighted by atomic mass is 9.87. The number of benzene rings is 1. The second kappa shape index (κ2) is 8.18. The molecule has 1 aromatic carbocycles. The molecule has 7 heteroatoms. The minimum atomic E-state index is -0.198. The van der Waals surface area contributed by atoms with E-state index in [0.29, 0.717) is 23.6 Å². The number of carbonyl (C=O) groups excluding carboxylic acids is 1. The Kier molecular flexibility index (Phi) is 5.42. The molecular formula is C24H26N6O. The van der Waals surface area contributed by atoms with Gasteiger partial charge in [-0.15, -0.1) is 5.10 Å². The Morgan fingerprint density at radius 1 is 1.06 bits per heavy atom. The SMILES string of the molecule is CN(Cc1ccccn1)c1ccc2nc(NC(=O)c3ccc(C(C)(C)C)cc3)cn2n1. The molecular weight excluding hydrogens is 388 g/mol. The molecule has 1 N–H and O–H groups in total. The number of hydrogen-bond acceptors (Lipinski definition) is 5. The molecule has 158 valence electrons. The van der Waals surface area contributed by atoms with Gasteiger partial charge < -0.3 is 10.2 Å². The number of amides is 1.